The molecule has 0 atom stereocenters. The number of thioether (sulfide) groups is 1. The van der Waals surface area contributed by atoms with Gasteiger partial charge in [-0.3, -0.25) is 0 Å². The maximum absolute atomic E-state index is 13.2. The number of aromatic hydroxyl groups is 1. The number of rotatable bonds is 3. The lowest BCUT2D eigenvalue weighted by molar-refractivity contribution is -0.137. The van der Waals surface area contributed by atoms with Crippen molar-refractivity contribution in [3.8, 4) is 5.88 Å². The second-order valence-electron chi connectivity index (χ2n) is 6.45. The van der Waals surface area contributed by atoms with Crippen LogP contribution in [0.25, 0.3) is 10.9 Å². The van der Waals surface area contributed by atoms with E-state index >= 15 is 0 Å². The molecule has 0 aliphatic carbocycles. The Morgan fingerprint density at radius 2 is 1.85 bits per heavy atom. The van der Waals surface area contributed by atoms with Crippen LogP contribution in [0.15, 0.2) is 52.7 Å². The summed E-state index contributed by atoms with van der Waals surface area (Å²) in [7, 11) is 0. The Morgan fingerprint density at radius 3 is 2.48 bits per heavy atom. The van der Waals surface area contributed by atoms with E-state index in [4.69, 9.17) is 0 Å². The van der Waals surface area contributed by atoms with Gasteiger partial charge in [0.05, 0.1) is 22.8 Å². The molecule has 1 N–H and O–H groups in total. The van der Waals surface area contributed by atoms with Gasteiger partial charge in [0.15, 0.2) is 5.69 Å². The summed E-state index contributed by atoms with van der Waals surface area (Å²) in [6.45, 7) is 1.87. The quantitative estimate of drug-likeness (QED) is 0.527. The maximum Gasteiger partial charge on any atom is 0.416 e. The lowest BCUT2D eigenvalue weighted by atomic mass is 10.1. The highest BCUT2D eigenvalue weighted by Crippen LogP contribution is 2.46. The zero-order valence-electron chi connectivity index (χ0n) is 14.4. The van der Waals surface area contributed by atoms with Gasteiger partial charge in [0.2, 0.25) is 5.88 Å². The van der Waals surface area contributed by atoms with E-state index in [1.807, 2.05) is 19.1 Å². The van der Waals surface area contributed by atoms with Crippen molar-refractivity contribution < 1.29 is 18.3 Å². The first-order valence-corrected chi connectivity index (χ1v) is 9.51. The van der Waals surface area contributed by atoms with Crippen LogP contribution in [0.2, 0.25) is 0 Å². The molecule has 1 aliphatic heterocycles. The zero-order chi connectivity index (χ0) is 19.2. The Hall–Kier alpha value is -2.48. The van der Waals surface area contributed by atoms with Gasteiger partial charge in [-0.2, -0.15) is 30.0 Å². The van der Waals surface area contributed by atoms with Crippen LogP contribution in [0.3, 0.4) is 0 Å². The van der Waals surface area contributed by atoms with E-state index in [9.17, 15) is 18.3 Å². The molecule has 0 saturated carbocycles. The molecule has 1 aromatic heterocycles. The van der Waals surface area contributed by atoms with Crippen molar-refractivity contribution in [3.63, 3.8) is 0 Å². The van der Waals surface area contributed by atoms with Gasteiger partial charge in [-0.15, -0.1) is 5.11 Å². The van der Waals surface area contributed by atoms with E-state index in [-0.39, 0.29) is 23.0 Å². The molecule has 2 aromatic carbocycles. The van der Waals surface area contributed by atoms with Crippen molar-refractivity contribution in [3.05, 3.63) is 53.6 Å². The summed E-state index contributed by atoms with van der Waals surface area (Å²) in [5, 5.41) is 19.2. The summed E-state index contributed by atoms with van der Waals surface area (Å²) in [5.74, 6) is 1.45. The number of azo groups is 1. The van der Waals surface area contributed by atoms with Crippen molar-refractivity contribution >= 4 is 34.0 Å². The number of halogens is 3. The number of alkyl halides is 3. The summed E-state index contributed by atoms with van der Waals surface area (Å²) in [6, 6.07) is 10.8. The number of hydrogen-bond donors (Lipinski definition) is 1. The molecule has 0 spiro atoms. The fraction of sp³-hybridized carbons (Fsp3) is 0.263. The lowest BCUT2D eigenvalue weighted by Crippen LogP contribution is -2.22. The fourth-order valence-corrected chi connectivity index (χ4v) is 3.83. The lowest BCUT2D eigenvalue weighted by Gasteiger charge is -2.27. The third-order valence-corrected chi connectivity index (χ3v) is 5.88. The van der Waals surface area contributed by atoms with Crippen LogP contribution in [-0.2, 0) is 6.18 Å². The van der Waals surface area contributed by atoms with E-state index in [1.54, 1.807) is 28.5 Å². The molecule has 2 heterocycles. The molecule has 8 heteroatoms. The first-order valence-electron chi connectivity index (χ1n) is 8.35. The molecule has 3 aromatic rings. The summed E-state index contributed by atoms with van der Waals surface area (Å²) in [5.41, 5.74) is 1.31. The second-order valence-corrected chi connectivity index (χ2v) is 7.52. The van der Waals surface area contributed by atoms with Crippen LogP contribution < -0.4 is 0 Å². The molecule has 27 heavy (non-hydrogen) atoms. The SMILES string of the molecule is Cc1ccccc1N=Nc1c(O)n(C2CSC2)c2ccc(C(F)(F)F)cc12. The summed E-state index contributed by atoms with van der Waals surface area (Å²) < 4.78 is 41.2. The Bertz CT molecular complexity index is 1040. The van der Waals surface area contributed by atoms with Crippen LogP contribution in [0.4, 0.5) is 24.5 Å². The number of aryl methyl sites for hydroxylation is 1. The molecule has 1 fully saturated rings. The monoisotopic (exact) mass is 391 g/mol. The highest BCUT2D eigenvalue weighted by Gasteiger charge is 2.33. The van der Waals surface area contributed by atoms with Crippen LogP contribution in [0.1, 0.15) is 17.2 Å². The van der Waals surface area contributed by atoms with E-state index in [2.05, 4.69) is 10.2 Å². The minimum Gasteiger partial charge on any atom is -0.493 e. The molecule has 0 unspecified atom stereocenters. The first kappa shape index (κ1) is 17.9. The van der Waals surface area contributed by atoms with Crippen LogP contribution in [-0.4, -0.2) is 21.2 Å². The average molecular weight is 391 g/mol. The van der Waals surface area contributed by atoms with E-state index in [0.717, 1.165) is 29.2 Å². The predicted octanol–water partition coefficient (Wildman–Crippen LogP) is 6.38. The average Bonchev–Trinajstić information content (AvgIpc) is 2.84. The van der Waals surface area contributed by atoms with Crippen molar-refractivity contribution in [1.29, 1.82) is 0 Å². The highest BCUT2D eigenvalue weighted by atomic mass is 32.2. The van der Waals surface area contributed by atoms with Crippen molar-refractivity contribution in [2.75, 3.05) is 11.5 Å². The normalized spacial score (nSPS) is 15.6. The van der Waals surface area contributed by atoms with E-state index in [1.165, 1.54) is 6.07 Å². The highest BCUT2D eigenvalue weighted by molar-refractivity contribution is 8.00. The third-order valence-electron chi connectivity index (χ3n) is 4.64. The number of hydrogen-bond acceptors (Lipinski definition) is 4. The number of nitrogens with zero attached hydrogens (tertiary/aromatic N) is 3. The van der Waals surface area contributed by atoms with Gasteiger partial charge < -0.3 is 9.67 Å². The van der Waals surface area contributed by atoms with E-state index < -0.39 is 11.7 Å². The second kappa shape index (κ2) is 6.60. The molecule has 140 valence electrons. The Morgan fingerprint density at radius 1 is 1.11 bits per heavy atom. The topological polar surface area (TPSA) is 49.9 Å². The molecule has 1 saturated heterocycles. The molecular formula is C19H16F3N3OS. The molecule has 0 bridgehead atoms. The minimum atomic E-state index is -4.47. The van der Waals surface area contributed by atoms with Gasteiger partial charge in [-0.05, 0) is 36.8 Å². The van der Waals surface area contributed by atoms with Gasteiger partial charge in [-0.1, -0.05) is 18.2 Å². The van der Waals surface area contributed by atoms with Gasteiger partial charge in [0, 0.05) is 16.9 Å². The number of fused-ring (bicyclic) bond motifs is 1. The van der Waals surface area contributed by atoms with Crippen molar-refractivity contribution in [1.82, 2.24) is 4.57 Å². The predicted molar refractivity (Wildman–Crippen MR) is 100 cm³/mol. The Balaban J connectivity index is 1.89. The number of aromatic nitrogens is 1. The molecular weight excluding hydrogens is 375 g/mol. The molecule has 0 radical (unpaired) electrons. The van der Waals surface area contributed by atoms with E-state index in [0.29, 0.717) is 11.2 Å². The minimum absolute atomic E-state index is 0.0386. The fourth-order valence-electron chi connectivity index (χ4n) is 3.08. The zero-order valence-corrected chi connectivity index (χ0v) is 15.2. The molecule has 4 nitrogen and oxygen atoms in total. The van der Waals surface area contributed by atoms with Crippen LogP contribution in [0, 0.1) is 6.92 Å². The van der Waals surface area contributed by atoms with Gasteiger partial charge in [0.1, 0.15) is 0 Å². The first-order chi connectivity index (χ1) is 12.9. The van der Waals surface area contributed by atoms with Crippen LogP contribution >= 0.6 is 11.8 Å². The molecule has 0 amide bonds. The maximum atomic E-state index is 13.2. The largest absolute Gasteiger partial charge is 0.493 e. The van der Waals surface area contributed by atoms with Gasteiger partial charge in [0.25, 0.3) is 0 Å². The smallest absolute Gasteiger partial charge is 0.416 e. The summed E-state index contributed by atoms with van der Waals surface area (Å²) in [4.78, 5) is 0. The van der Waals surface area contributed by atoms with Gasteiger partial charge in [-0.25, -0.2) is 0 Å². The van der Waals surface area contributed by atoms with Crippen LogP contribution in [0.5, 0.6) is 5.88 Å². The summed E-state index contributed by atoms with van der Waals surface area (Å²) >= 11 is 1.72. The standard InChI is InChI=1S/C19H16F3N3OS/c1-11-4-2-3-5-15(11)23-24-17-14-8-12(19(20,21)22)6-7-16(14)25(18(17)26)13-9-27-10-13/h2-8,13,26H,9-10H2,1H3. The molecule has 1 aliphatic rings. The van der Waals surface area contributed by atoms with Crippen molar-refractivity contribution in [2.45, 2.75) is 19.1 Å². The number of benzene rings is 2. The van der Waals surface area contributed by atoms with Crippen molar-refractivity contribution in [2.24, 2.45) is 10.2 Å². The Kier molecular flexibility index (Phi) is 4.38. The van der Waals surface area contributed by atoms with Gasteiger partial charge >= 0.3 is 6.18 Å². The molecule has 4 rings (SSSR count). The third kappa shape index (κ3) is 3.18. The summed E-state index contributed by atoms with van der Waals surface area (Å²) in [6.07, 6.45) is -4.47. The Labute approximate surface area is 157 Å².